The number of hydrogen-bond donors (Lipinski definition) is 3. The number of nitrogens with zero attached hydrogens (tertiary/aromatic N) is 2. The molecule has 3 N–H and O–H groups in total. The first-order valence-corrected chi connectivity index (χ1v) is 10.0. The van der Waals surface area contributed by atoms with E-state index in [4.69, 9.17) is 0 Å². The highest BCUT2D eigenvalue weighted by Gasteiger charge is 2.23. The molecule has 0 radical (unpaired) electrons. The van der Waals surface area contributed by atoms with Crippen LogP contribution in [0.5, 0.6) is 0 Å². The van der Waals surface area contributed by atoms with E-state index in [-0.39, 0.29) is 17.7 Å². The maximum absolute atomic E-state index is 12.7. The molecule has 1 aliphatic carbocycles. The summed E-state index contributed by atoms with van der Waals surface area (Å²) in [6.45, 7) is 3.54. The number of aliphatic hydroxyl groups is 1. The smallest absolute Gasteiger partial charge is 0.253 e. The Hall–Kier alpha value is -2.41. The van der Waals surface area contributed by atoms with Crippen molar-refractivity contribution in [2.75, 3.05) is 12.4 Å². The third-order valence-corrected chi connectivity index (χ3v) is 5.34. The van der Waals surface area contributed by atoms with Crippen LogP contribution in [-0.4, -0.2) is 39.0 Å². The quantitative estimate of drug-likeness (QED) is 0.711. The second-order valence-electron chi connectivity index (χ2n) is 8.31. The van der Waals surface area contributed by atoms with Gasteiger partial charge in [-0.15, -0.1) is 0 Å². The molecular weight excluding hydrogens is 356 g/mol. The van der Waals surface area contributed by atoms with E-state index in [1.807, 2.05) is 10.6 Å². The predicted molar refractivity (Wildman–Crippen MR) is 108 cm³/mol. The lowest BCUT2D eigenvalue weighted by Gasteiger charge is -2.21. The second-order valence-corrected chi connectivity index (χ2v) is 8.31. The van der Waals surface area contributed by atoms with E-state index < -0.39 is 5.60 Å². The summed E-state index contributed by atoms with van der Waals surface area (Å²) in [6, 6.07) is 1.70. The van der Waals surface area contributed by atoms with Crippen LogP contribution in [0.25, 0.3) is 5.65 Å². The van der Waals surface area contributed by atoms with Crippen molar-refractivity contribution in [2.24, 2.45) is 5.92 Å². The fourth-order valence-electron chi connectivity index (χ4n) is 3.66. The summed E-state index contributed by atoms with van der Waals surface area (Å²) in [6.07, 6.45) is 9.98. The largest absolute Gasteiger partial charge is 0.390 e. The maximum atomic E-state index is 12.7. The van der Waals surface area contributed by atoms with Gasteiger partial charge in [0.05, 0.1) is 22.5 Å². The summed E-state index contributed by atoms with van der Waals surface area (Å²) in [5.74, 6) is -0.277. The van der Waals surface area contributed by atoms with Gasteiger partial charge in [0.2, 0.25) is 5.91 Å². The molecule has 0 aliphatic heterocycles. The van der Waals surface area contributed by atoms with Crippen molar-refractivity contribution in [3.05, 3.63) is 29.7 Å². The van der Waals surface area contributed by atoms with Crippen LogP contribution in [-0.2, 0) is 11.2 Å². The lowest BCUT2D eigenvalue weighted by Crippen LogP contribution is -2.27. The number of amides is 2. The van der Waals surface area contributed by atoms with Crippen molar-refractivity contribution in [2.45, 2.75) is 64.4 Å². The number of anilines is 1. The highest BCUT2D eigenvalue weighted by molar-refractivity contribution is 6.04. The number of aryl methyl sites for hydroxylation is 1. The molecule has 2 amide bonds. The summed E-state index contributed by atoms with van der Waals surface area (Å²) < 4.78 is 1.82. The van der Waals surface area contributed by atoms with Crippen LogP contribution >= 0.6 is 0 Å². The van der Waals surface area contributed by atoms with Crippen molar-refractivity contribution in [1.29, 1.82) is 0 Å². The summed E-state index contributed by atoms with van der Waals surface area (Å²) in [5.41, 5.74) is 1.61. The number of pyridine rings is 1. The fraction of sp³-hybridized carbons (Fsp3) is 0.571. The van der Waals surface area contributed by atoms with Crippen LogP contribution in [0.2, 0.25) is 0 Å². The number of hydrogen-bond acceptors (Lipinski definition) is 4. The monoisotopic (exact) mass is 386 g/mol. The standard InChI is InChI=1S/C21H30N4O3/c1-21(2,28)10-9-15-12-25-13-17(16(20(27)22-3)11-18(25)23-15)24-19(26)14-7-5-4-6-8-14/h11-14,28H,4-10H2,1-3H3,(H,22,27)(H,24,26). The van der Waals surface area contributed by atoms with Crippen molar-refractivity contribution in [1.82, 2.24) is 14.7 Å². The van der Waals surface area contributed by atoms with Gasteiger partial charge in [-0.1, -0.05) is 19.3 Å². The summed E-state index contributed by atoms with van der Waals surface area (Å²) in [4.78, 5) is 29.6. The number of imidazole rings is 1. The Labute approximate surface area is 165 Å². The van der Waals surface area contributed by atoms with Gasteiger partial charge in [0.25, 0.3) is 5.91 Å². The van der Waals surface area contributed by atoms with E-state index in [1.54, 1.807) is 33.2 Å². The van der Waals surface area contributed by atoms with Crippen molar-refractivity contribution >= 4 is 23.1 Å². The Bertz CT molecular complexity index is 860. The molecule has 1 saturated carbocycles. The molecule has 28 heavy (non-hydrogen) atoms. The molecule has 0 aromatic carbocycles. The molecule has 2 aromatic rings. The molecule has 0 unspecified atom stereocenters. The first-order valence-electron chi connectivity index (χ1n) is 10.0. The topological polar surface area (TPSA) is 95.7 Å². The zero-order valence-corrected chi connectivity index (χ0v) is 16.9. The van der Waals surface area contributed by atoms with E-state index in [0.29, 0.717) is 29.7 Å². The number of carbonyl (C=O) groups is 2. The zero-order chi connectivity index (χ0) is 20.3. The van der Waals surface area contributed by atoms with Gasteiger partial charge >= 0.3 is 0 Å². The van der Waals surface area contributed by atoms with E-state index in [1.165, 1.54) is 6.42 Å². The summed E-state index contributed by atoms with van der Waals surface area (Å²) in [7, 11) is 1.57. The number of nitrogens with one attached hydrogen (secondary N) is 2. The van der Waals surface area contributed by atoms with Crippen molar-refractivity contribution < 1.29 is 14.7 Å². The predicted octanol–water partition coefficient (Wildman–Crippen LogP) is 2.92. The normalized spacial score (nSPS) is 15.6. The Kier molecular flexibility index (Phi) is 6.03. The average Bonchev–Trinajstić information content (AvgIpc) is 3.07. The molecule has 0 atom stereocenters. The molecule has 0 saturated heterocycles. The van der Waals surface area contributed by atoms with E-state index in [2.05, 4.69) is 15.6 Å². The molecule has 152 valence electrons. The Morgan fingerprint density at radius 2 is 1.96 bits per heavy atom. The molecule has 0 spiro atoms. The van der Waals surface area contributed by atoms with Gasteiger partial charge in [-0.25, -0.2) is 4.98 Å². The SMILES string of the molecule is CNC(=O)c1cc2nc(CCC(C)(C)O)cn2cc1NC(=O)C1CCCCC1. The zero-order valence-electron chi connectivity index (χ0n) is 16.9. The van der Waals surface area contributed by atoms with Crippen LogP contribution in [0.15, 0.2) is 18.5 Å². The highest BCUT2D eigenvalue weighted by atomic mass is 16.3. The highest BCUT2D eigenvalue weighted by Crippen LogP contribution is 2.26. The molecule has 2 aromatic heterocycles. The first kappa shape index (κ1) is 20.3. The number of carbonyl (C=O) groups excluding carboxylic acids is 2. The first-order chi connectivity index (χ1) is 13.3. The second kappa shape index (κ2) is 8.31. The molecule has 7 nitrogen and oxygen atoms in total. The fourth-order valence-corrected chi connectivity index (χ4v) is 3.66. The lowest BCUT2D eigenvalue weighted by atomic mass is 9.88. The van der Waals surface area contributed by atoms with Crippen LogP contribution in [0.4, 0.5) is 5.69 Å². The number of rotatable bonds is 6. The van der Waals surface area contributed by atoms with Gasteiger partial charge in [0.15, 0.2) is 0 Å². The van der Waals surface area contributed by atoms with E-state index >= 15 is 0 Å². The molecular formula is C21H30N4O3. The van der Waals surface area contributed by atoms with Crippen LogP contribution < -0.4 is 10.6 Å². The van der Waals surface area contributed by atoms with Gasteiger partial charge in [0.1, 0.15) is 5.65 Å². The minimum Gasteiger partial charge on any atom is -0.390 e. The Balaban J connectivity index is 1.88. The van der Waals surface area contributed by atoms with Gasteiger partial charge in [-0.3, -0.25) is 9.59 Å². The van der Waals surface area contributed by atoms with Gasteiger partial charge in [0, 0.05) is 25.4 Å². The molecule has 3 rings (SSSR count). The van der Waals surface area contributed by atoms with Crippen LogP contribution in [0.1, 0.15) is 68.4 Å². The molecule has 7 heteroatoms. The number of fused-ring (bicyclic) bond motifs is 1. The third-order valence-electron chi connectivity index (χ3n) is 5.34. The van der Waals surface area contributed by atoms with Gasteiger partial charge < -0.3 is 20.1 Å². The van der Waals surface area contributed by atoms with Crippen molar-refractivity contribution in [3.63, 3.8) is 0 Å². The molecule has 2 heterocycles. The number of aromatic nitrogens is 2. The Morgan fingerprint density at radius 3 is 2.61 bits per heavy atom. The molecule has 1 aliphatic rings. The van der Waals surface area contributed by atoms with Gasteiger partial charge in [-0.05, 0) is 45.6 Å². The summed E-state index contributed by atoms with van der Waals surface area (Å²) in [5, 5.41) is 15.5. The minimum absolute atomic E-state index is 0.00659. The van der Waals surface area contributed by atoms with Gasteiger partial charge in [-0.2, -0.15) is 0 Å². The van der Waals surface area contributed by atoms with Crippen LogP contribution in [0.3, 0.4) is 0 Å². The van der Waals surface area contributed by atoms with E-state index in [0.717, 1.165) is 31.4 Å². The average molecular weight is 386 g/mol. The molecule has 1 fully saturated rings. The van der Waals surface area contributed by atoms with Crippen LogP contribution in [0, 0.1) is 5.92 Å². The Morgan fingerprint density at radius 1 is 1.25 bits per heavy atom. The molecule has 0 bridgehead atoms. The van der Waals surface area contributed by atoms with Crippen molar-refractivity contribution in [3.8, 4) is 0 Å². The maximum Gasteiger partial charge on any atom is 0.253 e. The third kappa shape index (κ3) is 4.90. The summed E-state index contributed by atoms with van der Waals surface area (Å²) >= 11 is 0. The lowest BCUT2D eigenvalue weighted by molar-refractivity contribution is -0.120. The minimum atomic E-state index is -0.762. The van der Waals surface area contributed by atoms with E-state index in [9.17, 15) is 14.7 Å².